The summed E-state index contributed by atoms with van der Waals surface area (Å²) in [5, 5.41) is 0. The largest absolute Gasteiger partial charge is 0.295 e. The van der Waals surface area contributed by atoms with Crippen LogP contribution in [0.5, 0.6) is 0 Å². The van der Waals surface area contributed by atoms with E-state index in [-0.39, 0.29) is 5.82 Å². The van der Waals surface area contributed by atoms with Crippen LogP contribution in [-0.4, -0.2) is 23.4 Å². The SMILES string of the molecule is CC(C)N(CCCl)Cc1cc(Br)ccc1F. The molecule has 0 aromatic heterocycles. The zero-order valence-corrected chi connectivity index (χ0v) is 11.9. The summed E-state index contributed by atoms with van der Waals surface area (Å²) in [5.74, 6) is 0.400. The standard InChI is InChI=1S/C12H16BrClFN/c1-9(2)16(6-5-14)8-10-7-11(13)3-4-12(10)15/h3-4,7,9H,5-6,8H2,1-2H3. The Morgan fingerprint density at radius 3 is 2.69 bits per heavy atom. The predicted octanol–water partition coefficient (Wildman–Crippen LogP) is 4.04. The molecule has 1 aromatic rings. The average Bonchev–Trinajstić information content (AvgIpc) is 2.22. The van der Waals surface area contributed by atoms with Crippen LogP contribution in [0.4, 0.5) is 4.39 Å². The van der Waals surface area contributed by atoms with Crippen LogP contribution in [-0.2, 0) is 6.54 Å². The number of benzene rings is 1. The molecule has 0 bridgehead atoms. The van der Waals surface area contributed by atoms with Crippen molar-refractivity contribution in [1.82, 2.24) is 4.90 Å². The van der Waals surface area contributed by atoms with Crippen molar-refractivity contribution in [3.8, 4) is 0 Å². The lowest BCUT2D eigenvalue weighted by molar-refractivity contribution is 0.223. The van der Waals surface area contributed by atoms with Gasteiger partial charge in [0.2, 0.25) is 0 Å². The van der Waals surface area contributed by atoms with Gasteiger partial charge >= 0.3 is 0 Å². The van der Waals surface area contributed by atoms with E-state index in [9.17, 15) is 4.39 Å². The molecular weight excluding hydrogens is 292 g/mol. The van der Waals surface area contributed by atoms with Gasteiger partial charge in [-0.2, -0.15) is 0 Å². The summed E-state index contributed by atoms with van der Waals surface area (Å²) in [6.45, 7) is 5.53. The number of nitrogens with zero attached hydrogens (tertiary/aromatic N) is 1. The Kier molecular flexibility index (Phi) is 5.73. The van der Waals surface area contributed by atoms with Crippen LogP contribution in [0.3, 0.4) is 0 Å². The fourth-order valence-corrected chi connectivity index (χ4v) is 2.14. The molecule has 0 amide bonds. The van der Waals surface area contributed by atoms with Crippen molar-refractivity contribution in [3.05, 3.63) is 34.1 Å². The van der Waals surface area contributed by atoms with Gasteiger partial charge in [-0.3, -0.25) is 4.90 Å². The smallest absolute Gasteiger partial charge is 0.127 e. The first-order valence-electron chi connectivity index (χ1n) is 5.28. The third-order valence-corrected chi connectivity index (χ3v) is 3.15. The van der Waals surface area contributed by atoms with Crippen LogP contribution < -0.4 is 0 Å². The van der Waals surface area contributed by atoms with E-state index < -0.39 is 0 Å². The number of rotatable bonds is 5. The molecule has 4 heteroatoms. The minimum absolute atomic E-state index is 0.163. The Bertz CT molecular complexity index is 344. The van der Waals surface area contributed by atoms with Crippen LogP contribution in [0.15, 0.2) is 22.7 Å². The normalized spacial score (nSPS) is 11.4. The number of halogens is 3. The van der Waals surface area contributed by atoms with Gasteiger partial charge < -0.3 is 0 Å². The molecule has 0 aliphatic carbocycles. The quantitative estimate of drug-likeness (QED) is 0.742. The van der Waals surface area contributed by atoms with Crippen LogP contribution in [0, 0.1) is 5.82 Å². The van der Waals surface area contributed by atoms with E-state index in [0.717, 1.165) is 11.0 Å². The highest BCUT2D eigenvalue weighted by atomic mass is 79.9. The van der Waals surface area contributed by atoms with E-state index in [0.29, 0.717) is 24.0 Å². The van der Waals surface area contributed by atoms with Crippen LogP contribution in [0.25, 0.3) is 0 Å². The van der Waals surface area contributed by atoms with E-state index >= 15 is 0 Å². The molecule has 0 N–H and O–H groups in total. The molecule has 0 aliphatic heterocycles. The summed E-state index contributed by atoms with van der Waals surface area (Å²) in [7, 11) is 0. The van der Waals surface area contributed by atoms with Crippen molar-refractivity contribution in [1.29, 1.82) is 0 Å². The van der Waals surface area contributed by atoms with Crippen molar-refractivity contribution in [2.75, 3.05) is 12.4 Å². The van der Waals surface area contributed by atoms with Gasteiger partial charge in [-0.1, -0.05) is 15.9 Å². The molecule has 0 aliphatic rings. The Balaban J connectivity index is 2.80. The second kappa shape index (κ2) is 6.58. The number of alkyl halides is 1. The molecule has 0 spiro atoms. The van der Waals surface area contributed by atoms with Crippen molar-refractivity contribution in [3.63, 3.8) is 0 Å². The zero-order chi connectivity index (χ0) is 12.1. The van der Waals surface area contributed by atoms with E-state index in [1.165, 1.54) is 6.07 Å². The molecule has 0 atom stereocenters. The van der Waals surface area contributed by atoms with Crippen LogP contribution >= 0.6 is 27.5 Å². The molecule has 0 heterocycles. The topological polar surface area (TPSA) is 3.24 Å². The minimum Gasteiger partial charge on any atom is -0.295 e. The molecule has 1 rings (SSSR count). The molecule has 0 radical (unpaired) electrons. The number of hydrogen-bond acceptors (Lipinski definition) is 1. The number of hydrogen-bond donors (Lipinski definition) is 0. The highest BCUT2D eigenvalue weighted by Crippen LogP contribution is 2.18. The Morgan fingerprint density at radius 1 is 1.44 bits per heavy atom. The monoisotopic (exact) mass is 307 g/mol. The van der Waals surface area contributed by atoms with Gasteiger partial charge in [0, 0.05) is 35.0 Å². The molecular formula is C12H16BrClFN. The fraction of sp³-hybridized carbons (Fsp3) is 0.500. The van der Waals surface area contributed by atoms with Gasteiger partial charge in [0.15, 0.2) is 0 Å². The van der Waals surface area contributed by atoms with E-state index in [1.54, 1.807) is 6.07 Å². The molecule has 0 saturated heterocycles. The lowest BCUT2D eigenvalue weighted by Gasteiger charge is -2.25. The summed E-state index contributed by atoms with van der Waals surface area (Å²) < 4.78 is 14.5. The van der Waals surface area contributed by atoms with E-state index in [2.05, 4.69) is 34.7 Å². The van der Waals surface area contributed by atoms with Crippen molar-refractivity contribution >= 4 is 27.5 Å². The van der Waals surface area contributed by atoms with Gasteiger partial charge in [0.25, 0.3) is 0 Å². The molecule has 1 aromatic carbocycles. The fourth-order valence-electron chi connectivity index (χ4n) is 1.51. The second-order valence-electron chi connectivity index (χ2n) is 3.99. The van der Waals surface area contributed by atoms with Gasteiger partial charge in [-0.25, -0.2) is 4.39 Å². The van der Waals surface area contributed by atoms with Crippen LogP contribution in [0.1, 0.15) is 19.4 Å². The highest BCUT2D eigenvalue weighted by Gasteiger charge is 2.12. The van der Waals surface area contributed by atoms with E-state index in [1.807, 2.05) is 6.07 Å². The van der Waals surface area contributed by atoms with Crippen molar-refractivity contribution in [2.45, 2.75) is 26.4 Å². The highest BCUT2D eigenvalue weighted by molar-refractivity contribution is 9.10. The van der Waals surface area contributed by atoms with Gasteiger partial charge in [-0.05, 0) is 32.0 Å². The maximum absolute atomic E-state index is 13.6. The third-order valence-electron chi connectivity index (χ3n) is 2.48. The summed E-state index contributed by atoms with van der Waals surface area (Å²) in [4.78, 5) is 2.15. The lowest BCUT2D eigenvalue weighted by Crippen LogP contribution is -2.32. The molecule has 0 saturated carbocycles. The molecule has 1 nitrogen and oxygen atoms in total. The summed E-state index contributed by atoms with van der Waals surface area (Å²) in [6.07, 6.45) is 0. The first-order chi connectivity index (χ1) is 7.54. The molecule has 90 valence electrons. The summed E-state index contributed by atoms with van der Waals surface area (Å²) in [6, 6.07) is 5.37. The molecule has 0 unspecified atom stereocenters. The first-order valence-corrected chi connectivity index (χ1v) is 6.61. The molecule has 16 heavy (non-hydrogen) atoms. The minimum atomic E-state index is -0.163. The second-order valence-corrected chi connectivity index (χ2v) is 5.28. The zero-order valence-electron chi connectivity index (χ0n) is 9.51. The average molecular weight is 309 g/mol. The predicted molar refractivity (Wildman–Crippen MR) is 70.4 cm³/mol. The first kappa shape index (κ1) is 13.9. The van der Waals surface area contributed by atoms with E-state index in [4.69, 9.17) is 11.6 Å². The lowest BCUT2D eigenvalue weighted by atomic mass is 10.2. The van der Waals surface area contributed by atoms with Gasteiger partial charge in [0.1, 0.15) is 5.82 Å². The third kappa shape index (κ3) is 4.04. The Labute approximate surface area is 110 Å². The Morgan fingerprint density at radius 2 is 2.12 bits per heavy atom. The van der Waals surface area contributed by atoms with Crippen molar-refractivity contribution < 1.29 is 4.39 Å². The van der Waals surface area contributed by atoms with Crippen LogP contribution in [0.2, 0.25) is 0 Å². The Hall–Kier alpha value is -0.120. The summed E-state index contributed by atoms with van der Waals surface area (Å²) in [5.41, 5.74) is 0.702. The molecule has 0 fully saturated rings. The van der Waals surface area contributed by atoms with Gasteiger partial charge in [-0.15, -0.1) is 11.6 Å². The maximum Gasteiger partial charge on any atom is 0.127 e. The maximum atomic E-state index is 13.6. The van der Waals surface area contributed by atoms with Crippen molar-refractivity contribution in [2.24, 2.45) is 0 Å². The summed E-state index contributed by atoms with van der Waals surface area (Å²) >= 11 is 9.08. The van der Waals surface area contributed by atoms with Gasteiger partial charge in [0.05, 0.1) is 0 Å².